The van der Waals surface area contributed by atoms with Crippen LogP contribution in [0.4, 0.5) is 0 Å². The lowest BCUT2D eigenvalue weighted by molar-refractivity contribution is 0.103. The van der Waals surface area contributed by atoms with Crippen molar-refractivity contribution in [2.45, 2.75) is 39.3 Å². The van der Waals surface area contributed by atoms with Gasteiger partial charge in [-0.2, -0.15) is 0 Å². The Kier molecular flexibility index (Phi) is 6.20. The summed E-state index contributed by atoms with van der Waals surface area (Å²) in [6.07, 6.45) is 3.99. The summed E-state index contributed by atoms with van der Waals surface area (Å²) in [7, 11) is 1.69. The van der Waals surface area contributed by atoms with E-state index in [2.05, 4.69) is 27.2 Å². The minimum Gasteiger partial charge on any atom is -0.377 e. The monoisotopic (exact) mass is 294 g/mol. The minimum absolute atomic E-state index is 0.442. The molecule has 1 aliphatic rings. The Balaban J connectivity index is 1.55. The molecular weight excluding hydrogens is 268 g/mol. The molecule has 0 amide bonds. The van der Waals surface area contributed by atoms with Crippen LogP contribution in [-0.2, 0) is 16.1 Å². The van der Waals surface area contributed by atoms with E-state index in [-0.39, 0.29) is 0 Å². The molecule has 2 atom stereocenters. The second-order valence-electron chi connectivity index (χ2n) is 5.76. The first-order chi connectivity index (χ1) is 10.2. The zero-order chi connectivity index (χ0) is 15.1. The summed E-state index contributed by atoms with van der Waals surface area (Å²) in [5, 5.41) is 3.41. The Bertz CT molecular complexity index is 458. The number of H-pyrrole nitrogens is 1. The number of aryl methyl sites for hydroxylation is 1. The van der Waals surface area contributed by atoms with Crippen LogP contribution in [0.3, 0.4) is 0 Å². The summed E-state index contributed by atoms with van der Waals surface area (Å²) >= 11 is 0. The molecule has 0 saturated heterocycles. The van der Waals surface area contributed by atoms with Gasteiger partial charge in [0.15, 0.2) is 0 Å². The molecule has 21 heavy (non-hydrogen) atoms. The molecule has 2 heterocycles. The number of amidine groups is 1. The van der Waals surface area contributed by atoms with E-state index in [0.29, 0.717) is 25.2 Å². The highest BCUT2D eigenvalue weighted by atomic mass is 16.5. The van der Waals surface area contributed by atoms with Crippen LogP contribution in [0.25, 0.3) is 0 Å². The number of aromatic amines is 1. The Morgan fingerprint density at radius 1 is 1.43 bits per heavy atom. The van der Waals surface area contributed by atoms with E-state index in [1.54, 1.807) is 7.11 Å². The zero-order valence-electron chi connectivity index (χ0n) is 13.2. The molecular formula is C15H26N4O2. The number of aromatic nitrogens is 2. The predicted octanol–water partition coefficient (Wildman–Crippen LogP) is 1.67. The van der Waals surface area contributed by atoms with Crippen molar-refractivity contribution in [1.82, 2.24) is 15.3 Å². The lowest BCUT2D eigenvalue weighted by Gasteiger charge is -2.17. The third-order valence-corrected chi connectivity index (χ3v) is 3.59. The second kappa shape index (κ2) is 8.14. The fraction of sp³-hybridized carbons (Fsp3) is 0.733. The van der Waals surface area contributed by atoms with Crippen molar-refractivity contribution >= 4 is 5.84 Å². The number of ether oxygens (including phenoxy) is 2. The van der Waals surface area contributed by atoms with Crippen LogP contribution in [0.15, 0.2) is 11.2 Å². The fourth-order valence-electron chi connectivity index (χ4n) is 2.50. The number of nitrogens with zero attached hydrogens (tertiary/aromatic N) is 2. The molecule has 0 saturated carbocycles. The van der Waals surface area contributed by atoms with E-state index >= 15 is 0 Å². The van der Waals surface area contributed by atoms with Crippen LogP contribution < -0.4 is 5.32 Å². The van der Waals surface area contributed by atoms with Gasteiger partial charge in [0.05, 0.1) is 6.54 Å². The van der Waals surface area contributed by atoms with Crippen molar-refractivity contribution in [3.63, 3.8) is 0 Å². The molecule has 2 unspecified atom stereocenters. The topological polar surface area (TPSA) is 71.5 Å². The molecule has 2 rings (SSSR count). The smallest absolute Gasteiger partial charge is 0.132 e. The summed E-state index contributed by atoms with van der Waals surface area (Å²) in [6, 6.07) is 0.442. The number of imidazole rings is 1. The average Bonchev–Trinajstić information content (AvgIpc) is 3.05. The Morgan fingerprint density at radius 3 is 3.00 bits per heavy atom. The van der Waals surface area contributed by atoms with Gasteiger partial charge in [0.2, 0.25) is 0 Å². The van der Waals surface area contributed by atoms with Gasteiger partial charge in [-0.3, -0.25) is 4.99 Å². The Labute approximate surface area is 126 Å². The van der Waals surface area contributed by atoms with E-state index in [4.69, 9.17) is 9.47 Å². The van der Waals surface area contributed by atoms with Gasteiger partial charge < -0.3 is 19.8 Å². The van der Waals surface area contributed by atoms with Crippen molar-refractivity contribution in [2.75, 3.05) is 26.9 Å². The SMILES string of the molecule is COCC1=NCC(CC(C)CCOCc2ncc(C)[nH]2)N1. The lowest BCUT2D eigenvalue weighted by Crippen LogP contribution is -2.33. The van der Waals surface area contributed by atoms with Crippen molar-refractivity contribution in [2.24, 2.45) is 10.9 Å². The minimum atomic E-state index is 0.442. The summed E-state index contributed by atoms with van der Waals surface area (Å²) < 4.78 is 10.7. The van der Waals surface area contributed by atoms with Gasteiger partial charge >= 0.3 is 0 Å². The summed E-state index contributed by atoms with van der Waals surface area (Å²) in [6.45, 7) is 7.01. The predicted molar refractivity (Wildman–Crippen MR) is 82.5 cm³/mol. The second-order valence-corrected chi connectivity index (χ2v) is 5.76. The average molecular weight is 294 g/mol. The molecule has 0 radical (unpaired) electrons. The lowest BCUT2D eigenvalue weighted by atomic mass is 9.99. The summed E-state index contributed by atoms with van der Waals surface area (Å²) in [5.74, 6) is 2.48. The maximum absolute atomic E-state index is 5.67. The normalized spacial score (nSPS) is 19.4. The number of aliphatic imine (C=N–C) groups is 1. The highest BCUT2D eigenvalue weighted by Crippen LogP contribution is 2.14. The van der Waals surface area contributed by atoms with Gasteiger partial charge in [-0.05, 0) is 25.7 Å². The van der Waals surface area contributed by atoms with E-state index in [1.165, 1.54) is 0 Å². The highest BCUT2D eigenvalue weighted by molar-refractivity contribution is 5.85. The molecule has 0 spiro atoms. The maximum atomic E-state index is 5.67. The van der Waals surface area contributed by atoms with E-state index in [1.807, 2.05) is 13.1 Å². The van der Waals surface area contributed by atoms with E-state index < -0.39 is 0 Å². The highest BCUT2D eigenvalue weighted by Gasteiger charge is 2.19. The van der Waals surface area contributed by atoms with Crippen LogP contribution in [0.1, 0.15) is 31.3 Å². The molecule has 1 aromatic rings. The van der Waals surface area contributed by atoms with Crippen LogP contribution >= 0.6 is 0 Å². The molecule has 0 bridgehead atoms. The van der Waals surface area contributed by atoms with Gasteiger partial charge in [0.25, 0.3) is 0 Å². The van der Waals surface area contributed by atoms with Gasteiger partial charge in [-0.1, -0.05) is 6.92 Å². The van der Waals surface area contributed by atoms with Crippen molar-refractivity contribution in [3.05, 3.63) is 17.7 Å². The molecule has 6 nitrogen and oxygen atoms in total. The van der Waals surface area contributed by atoms with Crippen LogP contribution in [0.2, 0.25) is 0 Å². The van der Waals surface area contributed by atoms with Gasteiger partial charge in [0.1, 0.15) is 24.9 Å². The standard InChI is InChI=1S/C15H26N4O2/c1-11(6-13-8-17-14(19-13)9-20-3)4-5-21-10-15-16-7-12(2)18-15/h7,11,13H,4-6,8-10H2,1-3H3,(H,16,18)(H,17,19). The maximum Gasteiger partial charge on any atom is 0.132 e. The molecule has 0 aromatic carbocycles. The number of rotatable bonds is 9. The molecule has 1 aromatic heterocycles. The number of hydrogen-bond acceptors (Lipinski definition) is 5. The third-order valence-electron chi connectivity index (χ3n) is 3.59. The Hall–Kier alpha value is -1.40. The Morgan fingerprint density at radius 2 is 2.29 bits per heavy atom. The first kappa shape index (κ1) is 16.0. The number of hydrogen-bond donors (Lipinski definition) is 2. The van der Waals surface area contributed by atoms with Crippen LogP contribution in [0, 0.1) is 12.8 Å². The molecule has 1 aliphatic heterocycles. The quantitative estimate of drug-likeness (QED) is 0.680. The first-order valence-electron chi connectivity index (χ1n) is 7.54. The van der Waals surface area contributed by atoms with E-state index in [9.17, 15) is 0 Å². The van der Waals surface area contributed by atoms with Crippen molar-refractivity contribution in [1.29, 1.82) is 0 Å². The molecule has 0 fully saturated rings. The fourth-order valence-corrected chi connectivity index (χ4v) is 2.50. The summed E-state index contributed by atoms with van der Waals surface area (Å²) in [4.78, 5) is 11.8. The van der Waals surface area contributed by atoms with Crippen molar-refractivity contribution in [3.8, 4) is 0 Å². The van der Waals surface area contributed by atoms with Crippen LogP contribution in [-0.4, -0.2) is 48.7 Å². The first-order valence-corrected chi connectivity index (χ1v) is 7.54. The largest absolute Gasteiger partial charge is 0.377 e. The summed E-state index contributed by atoms with van der Waals surface area (Å²) in [5.41, 5.74) is 1.07. The molecule has 2 N–H and O–H groups in total. The number of nitrogens with one attached hydrogen (secondary N) is 2. The van der Waals surface area contributed by atoms with Crippen LogP contribution in [0.5, 0.6) is 0 Å². The van der Waals surface area contributed by atoms with Gasteiger partial charge in [0, 0.05) is 31.6 Å². The third kappa shape index (κ3) is 5.47. The van der Waals surface area contributed by atoms with E-state index in [0.717, 1.165) is 43.3 Å². The molecule has 118 valence electrons. The van der Waals surface area contributed by atoms with Gasteiger partial charge in [-0.15, -0.1) is 0 Å². The van der Waals surface area contributed by atoms with Crippen molar-refractivity contribution < 1.29 is 9.47 Å². The zero-order valence-corrected chi connectivity index (χ0v) is 13.2. The van der Waals surface area contributed by atoms with Gasteiger partial charge in [-0.25, -0.2) is 4.98 Å². The molecule has 6 heteroatoms. The number of methoxy groups -OCH3 is 1. The molecule has 0 aliphatic carbocycles.